The van der Waals surface area contributed by atoms with Gasteiger partial charge in [0, 0.05) is 12.0 Å². The fourth-order valence-corrected chi connectivity index (χ4v) is 3.67. The topological polar surface area (TPSA) is 41.9 Å². The lowest BCUT2D eigenvalue weighted by atomic mass is 9.70. The van der Waals surface area contributed by atoms with Crippen LogP contribution in [0.3, 0.4) is 0 Å². The average molecular weight is 303 g/mol. The van der Waals surface area contributed by atoms with Crippen LogP contribution in [0.15, 0.2) is 23.8 Å². The molecule has 1 heterocycles. The second kappa shape index (κ2) is 5.94. The van der Waals surface area contributed by atoms with Crippen LogP contribution in [0.2, 0.25) is 0 Å². The van der Waals surface area contributed by atoms with Crippen LogP contribution in [-0.2, 0) is 0 Å². The van der Waals surface area contributed by atoms with Gasteiger partial charge in [0.1, 0.15) is 0 Å². The van der Waals surface area contributed by atoms with Crippen molar-refractivity contribution in [3.05, 3.63) is 29.3 Å². The first kappa shape index (κ1) is 15.4. The molecule has 0 bridgehead atoms. The zero-order chi connectivity index (χ0) is 15.7. The lowest BCUT2D eigenvalue weighted by Gasteiger charge is -2.41. The number of rotatable bonds is 3. The third kappa shape index (κ3) is 2.99. The largest absolute Gasteiger partial charge is 0.454 e. The molecule has 1 aliphatic heterocycles. The number of aliphatic hydroxyl groups excluding tert-OH is 1. The Hall–Kier alpha value is -1.52. The van der Waals surface area contributed by atoms with Crippen LogP contribution in [0.1, 0.15) is 31.7 Å². The summed E-state index contributed by atoms with van der Waals surface area (Å²) in [4.78, 5) is 2.16. The highest BCUT2D eigenvalue weighted by atomic mass is 16.7. The third-order valence-electron chi connectivity index (χ3n) is 4.65. The van der Waals surface area contributed by atoms with E-state index in [1.54, 1.807) is 0 Å². The van der Waals surface area contributed by atoms with Crippen LogP contribution in [0.25, 0.3) is 6.08 Å². The van der Waals surface area contributed by atoms with Gasteiger partial charge in [-0.15, -0.1) is 0 Å². The van der Waals surface area contributed by atoms with E-state index in [0.717, 1.165) is 48.4 Å². The van der Waals surface area contributed by atoms with Gasteiger partial charge in [0.25, 0.3) is 0 Å². The molecular weight excluding hydrogens is 278 g/mol. The minimum Gasteiger partial charge on any atom is -0.454 e. The van der Waals surface area contributed by atoms with Gasteiger partial charge in [-0.05, 0) is 56.6 Å². The summed E-state index contributed by atoms with van der Waals surface area (Å²) in [5, 5.41) is 10.8. The molecule has 22 heavy (non-hydrogen) atoms. The van der Waals surface area contributed by atoms with Crippen LogP contribution in [0.5, 0.6) is 11.5 Å². The molecule has 3 rings (SSSR count). The Morgan fingerprint density at radius 1 is 1.32 bits per heavy atom. The molecule has 0 aromatic heterocycles. The summed E-state index contributed by atoms with van der Waals surface area (Å²) >= 11 is 0. The summed E-state index contributed by atoms with van der Waals surface area (Å²) in [5.41, 5.74) is 2.10. The molecule has 2 unspecified atom stereocenters. The molecule has 1 aromatic rings. The summed E-state index contributed by atoms with van der Waals surface area (Å²) in [6, 6.07) is 5.94. The van der Waals surface area contributed by atoms with Crippen molar-refractivity contribution in [2.45, 2.75) is 32.3 Å². The molecule has 1 aromatic carbocycles. The minimum absolute atomic E-state index is 0.0794. The van der Waals surface area contributed by atoms with Crippen LogP contribution in [0.4, 0.5) is 0 Å². The van der Waals surface area contributed by atoms with E-state index in [2.05, 4.69) is 32.0 Å². The quantitative estimate of drug-likeness (QED) is 0.932. The molecule has 1 N–H and O–H groups in total. The van der Waals surface area contributed by atoms with Crippen LogP contribution < -0.4 is 9.47 Å². The van der Waals surface area contributed by atoms with Crippen molar-refractivity contribution in [3.8, 4) is 11.5 Å². The highest BCUT2D eigenvalue weighted by Gasteiger charge is 2.38. The van der Waals surface area contributed by atoms with Gasteiger partial charge in [-0.2, -0.15) is 0 Å². The average Bonchev–Trinajstić information content (AvgIpc) is 2.91. The molecule has 120 valence electrons. The van der Waals surface area contributed by atoms with Crippen LogP contribution >= 0.6 is 0 Å². The lowest BCUT2D eigenvalue weighted by Crippen LogP contribution is -2.44. The molecule has 4 heteroatoms. The number of hydrogen-bond acceptors (Lipinski definition) is 4. The highest BCUT2D eigenvalue weighted by molar-refractivity contribution is 5.59. The summed E-state index contributed by atoms with van der Waals surface area (Å²) in [6.07, 6.45) is 4.86. The predicted molar refractivity (Wildman–Crippen MR) is 87.1 cm³/mol. The summed E-state index contributed by atoms with van der Waals surface area (Å²) in [6.45, 7) is 3.37. The third-order valence-corrected chi connectivity index (χ3v) is 4.65. The number of fused-ring (bicyclic) bond motifs is 1. The smallest absolute Gasteiger partial charge is 0.231 e. The normalized spacial score (nSPS) is 29.3. The first-order valence-electron chi connectivity index (χ1n) is 7.91. The fourth-order valence-electron chi connectivity index (χ4n) is 3.67. The molecule has 2 atom stereocenters. The van der Waals surface area contributed by atoms with Gasteiger partial charge < -0.3 is 19.5 Å². The van der Waals surface area contributed by atoms with E-state index in [0.29, 0.717) is 6.79 Å². The van der Waals surface area contributed by atoms with E-state index >= 15 is 0 Å². The predicted octanol–water partition coefficient (Wildman–Crippen LogP) is 2.91. The van der Waals surface area contributed by atoms with Gasteiger partial charge in [0.05, 0.1) is 6.10 Å². The van der Waals surface area contributed by atoms with Crippen LogP contribution in [0, 0.1) is 5.41 Å². The lowest BCUT2D eigenvalue weighted by molar-refractivity contribution is 0.0211. The highest BCUT2D eigenvalue weighted by Crippen LogP contribution is 2.41. The van der Waals surface area contributed by atoms with E-state index in [9.17, 15) is 5.11 Å². The first-order valence-corrected chi connectivity index (χ1v) is 7.91. The number of nitrogens with zero attached hydrogens (tertiary/aromatic N) is 1. The van der Waals surface area contributed by atoms with Crippen molar-refractivity contribution >= 4 is 6.08 Å². The second-order valence-electron chi connectivity index (χ2n) is 6.98. The van der Waals surface area contributed by atoms with E-state index in [4.69, 9.17) is 9.47 Å². The van der Waals surface area contributed by atoms with Crippen molar-refractivity contribution in [2.75, 3.05) is 27.4 Å². The van der Waals surface area contributed by atoms with Gasteiger partial charge in [0.2, 0.25) is 6.79 Å². The van der Waals surface area contributed by atoms with E-state index in [-0.39, 0.29) is 5.41 Å². The Bertz CT molecular complexity index is 582. The van der Waals surface area contributed by atoms with Gasteiger partial charge in [-0.1, -0.05) is 19.1 Å². The monoisotopic (exact) mass is 303 g/mol. The Morgan fingerprint density at radius 3 is 2.86 bits per heavy atom. The molecule has 1 fully saturated rings. The number of hydrogen-bond donors (Lipinski definition) is 1. The van der Waals surface area contributed by atoms with Crippen LogP contribution in [-0.4, -0.2) is 43.5 Å². The molecule has 0 spiro atoms. The maximum Gasteiger partial charge on any atom is 0.231 e. The Labute approximate surface area is 132 Å². The SMILES string of the molecule is CN(C)CC1(C)CCC/C(=C\c2ccc3c(c2)OCO3)C1O. The summed E-state index contributed by atoms with van der Waals surface area (Å²) in [5.74, 6) is 1.58. The Kier molecular flexibility index (Phi) is 4.15. The molecule has 4 nitrogen and oxygen atoms in total. The molecular formula is C18H25NO3. The molecule has 2 aliphatic rings. The van der Waals surface area contributed by atoms with Gasteiger partial charge >= 0.3 is 0 Å². The van der Waals surface area contributed by atoms with Gasteiger partial charge in [-0.25, -0.2) is 0 Å². The van der Waals surface area contributed by atoms with Crippen molar-refractivity contribution in [1.29, 1.82) is 0 Å². The standard InChI is InChI=1S/C18H25NO3/c1-18(11-19(2)3)8-4-5-14(17(18)20)9-13-6-7-15-16(10-13)22-12-21-15/h6-7,9-10,17,20H,4-5,8,11-12H2,1-3H3/b14-9+. The molecule has 0 saturated heterocycles. The van der Waals surface area contributed by atoms with E-state index < -0.39 is 6.10 Å². The van der Waals surface area contributed by atoms with E-state index in [1.165, 1.54) is 0 Å². The zero-order valence-corrected chi connectivity index (χ0v) is 13.6. The van der Waals surface area contributed by atoms with Gasteiger partial charge in [0.15, 0.2) is 11.5 Å². The maximum absolute atomic E-state index is 10.8. The number of ether oxygens (including phenoxy) is 2. The van der Waals surface area contributed by atoms with Crippen molar-refractivity contribution in [3.63, 3.8) is 0 Å². The molecule has 1 aliphatic carbocycles. The Morgan fingerprint density at radius 2 is 2.09 bits per heavy atom. The summed E-state index contributed by atoms with van der Waals surface area (Å²) < 4.78 is 10.8. The zero-order valence-electron chi connectivity index (χ0n) is 13.6. The van der Waals surface area contributed by atoms with Crippen molar-refractivity contribution in [1.82, 2.24) is 4.90 Å². The number of benzene rings is 1. The van der Waals surface area contributed by atoms with Crippen molar-refractivity contribution < 1.29 is 14.6 Å². The number of aliphatic hydroxyl groups is 1. The Balaban J connectivity index is 1.84. The molecule has 0 amide bonds. The molecule has 0 radical (unpaired) electrons. The van der Waals surface area contributed by atoms with Gasteiger partial charge in [-0.3, -0.25) is 0 Å². The van der Waals surface area contributed by atoms with E-state index in [1.807, 2.05) is 18.2 Å². The van der Waals surface area contributed by atoms with Crippen molar-refractivity contribution in [2.24, 2.45) is 5.41 Å². The minimum atomic E-state index is -0.394. The molecule has 1 saturated carbocycles. The maximum atomic E-state index is 10.8. The summed E-state index contributed by atoms with van der Waals surface area (Å²) in [7, 11) is 4.13. The second-order valence-corrected chi connectivity index (χ2v) is 6.98. The fraction of sp³-hybridized carbons (Fsp3) is 0.556. The first-order chi connectivity index (χ1) is 10.5.